The molecule has 162 valence electrons. The van der Waals surface area contributed by atoms with Crippen molar-refractivity contribution in [2.45, 2.75) is 78.3 Å². The van der Waals surface area contributed by atoms with Crippen LogP contribution in [0.1, 0.15) is 66.2 Å². The van der Waals surface area contributed by atoms with Crippen molar-refractivity contribution < 1.29 is 14.4 Å². The normalized spacial score (nSPS) is 26.2. The van der Waals surface area contributed by atoms with E-state index < -0.39 is 6.04 Å². The van der Waals surface area contributed by atoms with Crippen LogP contribution >= 0.6 is 11.6 Å². The molecule has 1 heterocycles. The molecule has 1 atom stereocenters. The molecule has 6 heteroatoms. The number of carbonyl (C=O) groups is 3. The van der Waals surface area contributed by atoms with Crippen LogP contribution in [-0.4, -0.2) is 34.7 Å². The summed E-state index contributed by atoms with van der Waals surface area (Å²) in [4.78, 5) is 43.1. The first-order chi connectivity index (χ1) is 14.1. The van der Waals surface area contributed by atoms with Gasteiger partial charge in [0.25, 0.3) is 5.91 Å². The van der Waals surface area contributed by atoms with Gasteiger partial charge in [-0.2, -0.15) is 0 Å². The molecular weight excluding hydrogens is 400 g/mol. The van der Waals surface area contributed by atoms with Gasteiger partial charge in [-0.05, 0) is 47.9 Å². The summed E-state index contributed by atoms with van der Waals surface area (Å²) in [6.45, 7) is 8.49. The average molecular weight is 431 g/mol. The molecule has 1 aliphatic heterocycles. The van der Waals surface area contributed by atoms with Gasteiger partial charge in [-0.15, -0.1) is 0 Å². The molecule has 0 aromatic heterocycles. The van der Waals surface area contributed by atoms with Gasteiger partial charge in [0.15, 0.2) is 0 Å². The lowest BCUT2D eigenvalue weighted by molar-refractivity contribution is -0.144. The Morgan fingerprint density at radius 1 is 1.00 bits per heavy atom. The molecule has 1 saturated heterocycles. The maximum absolute atomic E-state index is 13.8. The fourth-order valence-electron chi connectivity index (χ4n) is 5.60. The van der Waals surface area contributed by atoms with Gasteiger partial charge in [0.1, 0.15) is 6.04 Å². The fourth-order valence-corrected chi connectivity index (χ4v) is 5.73. The molecule has 2 aliphatic carbocycles. The summed E-state index contributed by atoms with van der Waals surface area (Å²) >= 11 is 5.97. The van der Waals surface area contributed by atoms with Gasteiger partial charge < -0.3 is 4.90 Å². The lowest BCUT2D eigenvalue weighted by atomic mass is 9.92. The zero-order valence-electron chi connectivity index (χ0n) is 18.3. The first-order valence-corrected chi connectivity index (χ1v) is 11.4. The van der Waals surface area contributed by atoms with E-state index in [1.807, 2.05) is 4.90 Å². The number of nitrogens with zero attached hydrogens (tertiary/aromatic N) is 2. The van der Waals surface area contributed by atoms with E-state index >= 15 is 0 Å². The molecule has 3 fully saturated rings. The Morgan fingerprint density at radius 2 is 1.57 bits per heavy atom. The first-order valence-electron chi connectivity index (χ1n) is 11.0. The Morgan fingerprint density at radius 3 is 2.10 bits per heavy atom. The largest absolute Gasteiger partial charge is 0.327 e. The number of anilines is 1. The van der Waals surface area contributed by atoms with Gasteiger partial charge in [0.2, 0.25) is 11.8 Å². The number of imide groups is 1. The molecular formula is C24H31ClN2O3. The van der Waals surface area contributed by atoms with Crippen LogP contribution in [0.15, 0.2) is 24.3 Å². The first kappa shape index (κ1) is 21.4. The van der Waals surface area contributed by atoms with Crippen molar-refractivity contribution in [3.8, 4) is 0 Å². The predicted octanol–water partition coefficient (Wildman–Crippen LogP) is 4.82. The summed E-state index contributed by atoms with van der Waals surface area (Å²) < 4.78 is 0. The summed E-state index contributed by atoms with van der Waals surface area (Å²) in [6.07, 6.45) is 5.13. The number of carbonyl (C=O) groups excluding carboxylic acids is 3. The highest BCUT2D eigenvalue weighted by atomic mass is 35.5. The summed E-state index contributed by atoms with van der Waals surface area (Å²) in [5, 5.41) is 0.548. The van der Waals surface area contributed by atoms with Crippen LogP contribution in [0, 0.1) is 16.7 Å². The van der Waals surface area contributed by atoms with Crippen LogP contribution in [0.3, 0.4) is 0 Å². The van der Waals surface area contributed by atoms with E-state index in [4.69, 9.17) is 11.6 Å². The van der Waals surface area contributed by atoms with E-state index in [1.165, 1.54) is 4.90 Å². The van der Waals surface area contributed by atoms with Gasteiger partial charge in [-0.1, -0.05) is 58.6 Å². The zero-order valence-corrected chi connectivity index (χ0v) is 19.0. The highest BCUT2D eigenvalue weighted by molar-refractivity contribution is 6.30. The van der Waals surface area contributed by atoms with Crippen LogP contribution in [0.4, 0.5) is 5.69 Å². The number of rotatable bonds is 4. The number of halogens is 1. The Bertz CT molecular complexity index is 857. The van der Waals surface area contributed by atoms with Crippen LogP contribution in [-0.2, 0) is 14.4 Å². The molecule has 1 unspecified atom stereocenters. The molecule has 30 heavy (non-hydrogen) atoms. The van der Waals surface area contributed by atoms with E-state index in [0.717, 1.165) is 32.1 Å². The molecule has 0 N–H and O–H groups in total. The van der Waals surface area contributed by atoms with E-state index in [-0.39, 0.29) is 46.9 Å². The minimum absolute atomic E-state index is 0.0327. The number of hydrogen-bond acceptors (Lipinski definition) is 3. The second kappa shape index (κ2) is 7.37. The summed E-state index contributed by atoms with van der Waals surface area (Å²) in [5.74, 6) is -0.631. The SMILES string of the molecule is CC1(C)C(C(=O)N(C2CCCCC2)C2CC(=O)N(c3ccc(Cl)cc3)C2=O)C1(C)C. The summed E-state index contributed by atoms with van der Waals surface area (Å²) in [5.41, 5.74) is 0.289. The minimum atomic E-state index is -0.712. The monoisotopic (exact) mass is 430 g/mol. The summed E-state index contributed by atoms with van der Waals surface area (Å²) in [6, 6.07) is 6.02. The maximum atomic E-state index is 13.8. The number of amides is 3. The van der Waals surface area contributed by atoms with Crippen LogP contribution in [0.2, 0.25) is 5.02 Å². The van der Waals surface area contributed by atoms with Crippen molar-refractivity contribution in [2.24, 2.45) is 16.7 Å². The third kappa shape index (κ3) is 3.26. The van der Waals surface area contributed by atoms with Crippen molar-refractivity contribution in [2.75, 3.05) is 4.90 Å². The molecule has 0 bridgehead atoms. The molecule has 1 aromatic carbocycles. The van der Waals surface area contributed by atoms with Crippen molar-refractivity contribution in [1.29, 1.82) is 0 Å². The second-order valence-corrected chi connectivity index (χ2v) is 10.6. The fraction of sp³-hybridized carbons (Fsp3) is 0.625. The van der Waals surface area contributed by atoms with E-state index in [1.54, 1.807) is 24.3 Å². The molecule has 2 saturated carbocycles. The zero-order chi connectivity index (χ0) is 21.8. The lowest BCUT2D eigenvalue weighted by Crippen LogP contribution is -2.52. The van der Waals surface area contributed by atoms with Crippen molar-refractivity contribution in [1.82, 2.24) is 4.90 Å². The van der Waals surface area contributed by atoms with Gasteiger partial charge in [-0.3, -0.25) is 14.4 Å². The van der Waals surface area contributed by atoms with E-state index in [0.29, 0.717) is 10.7 Å². The van der Waals surface area contributed by atoms with Crippen molar-refractivity contribution in [3.05, 3.63) is 29.3 Å². The lowest BCUT2D eigenvalue weighted by Gasteiger charge is -2.38. The molecule has 3 aliphatic rings. The Balaban J connectivity index is 1.66. The van der Waals surface area contributed by atoms with Gasteiger partial charge >= 0.3 is 0 Å². The van der Waals surface area contributed by atoms with Crippen molar-refractivity contribution >= 4 is 35.0 Å². The Kier molecular flexibility index (Phi) is 5.24. The predicted molar refractivity (Wildman–Crippen MR) is 117 cm³/mol. The minimum Gasteiger partial charge on any atom is -0.327 e. The number of benzene rings is 1. The van der Waals surface area contributed by atoms with Crippen LogP contribution in [0.5, 0.6) is 0 Å². The van der Waals surface area contributed by atoms with E-state index in [9.17, 15) is 14.4 Å². The number of hydrogen-bond donors (Lipinski definition) is 0. The third-order valence-corrected chi connectivity index (χ3v) is 8.29. The third-order valence-electron chi connectivity index (χ3n) is 8.03. The Hall–Kier alpha value is -1.88. The standard InChI is InChI=1S/C24H31ClN2O3/c1-23(2)20(24(23,3)4)22(30)26(16-8-6-5-7-9-16)18-14-19(28)27(21(18)29)17-12-10-15(25)11-13-17/h10-13,16,18,20H,5-9,14H2,1-4H3. The van der Waals surface area contributed by atoms with Crippen LogP contribution < -0.4 is 4.90 Å². The highest BCUT2D eigenvalue weighted by Crippen LogP contribution is 2.69. The smallest absolute Gasteiger partial charge is 0.257 e. The molecule has 0 spiro atoms. The van der Waals surface area contributed by atoms with E-state index in [2.05, 4.69) is 27.7 Å². The molecule has 0 radical (unpaired) electrons. The maximum Gasteiger partial charge on any atom is 0.257 e. The molecule has 5 nitrogen and oxygen atoms in total. The van der Waals surface area contributed by atoms with Gasteiger partial charge in [-0.25, -0.2) is 4.90 Å². The van der Waals surface area contributed by atoms with Crippen molar-refractivity contribution in [3.63, 3.8) is 0 Å². The second-order valence-electron chi connectivity index (χ2n) is 10.2. The summed E-state index contributed by atoms with van der Waals surface area (Å²) in [7, 11) is 0. The van der Waals surface area contributed by atoms with Crippen LogP contribution in [0.25, 0.3) is 0 Å². The topological polar surface area (TPSA) is 57.7 Å². The molecule has 4 rings (SSSR count). The van der Waals surface area contributed by atoms with Gasteiger partial charge in [0.05, 0.1) is 12.1 Å². The van der Waals surface area contributed by atoms with Gasteiger partial charge in [0, 0.05) is 17.0 Å². The average Bonchev–Trinajstić information content (AvgIpc) is 2.93. The molecule has 3 amide bonds. The Labute approximate surface area is 183 Å². The quantitative estimate of drug-likeness (QED) is 0.643. The molecule has 1 aromatic rings. The highest BCUT2D eigenvalue weighted by Gasteiger charge is 2.69.